The van der Waals surface area contributed by atoms with Crippen molar-refractivity contribution in [2.45, 2.75) is 25.7 Å². The molecule has 10 heteroatoms. The Morgan fingerprint density at radius 1 is 1.03 bits per heavy atom. The summed E-state index contributed by atoms with van der Waals surface area (Å²) >= 11 is 11.9. The van der Waals surface area contributed by atoms with E-state index in [-0.39, 0.29) is 36.7 Å². The molecule has 0 atom stereocenters. The number of benzene rings is 2. The molecule has 33 heavy (non-hydrogen) atoms. The number of carbonyl (C=O) groups excluding carboxylic acids is 3. The van der Waals surface area contributed by atoms with E-state index in [4.69, 9.17) is 27.9 Å². The Morgan fingerprint density at radius 3 is 2.39 bits per heavy atom. The van der Waals surface area contributed by atoms with E-state index in [0.29, 0.717) is 53.7 Å². The van der Waals surface area contributed by atoms with Gasteiger partial charge in [-0.3, -0.25) is 25.2 Å². The molecule has 2 aromatic rings. The first-order valence-corrected chi connectivity index (χ1v) is 11.3. The van der Waals surface area contributed by atoms with Gasteiger partial charge in [0.1, 0.15) is 11.6 Å². The minimum absolute atomic E-state index is 0.163. The van der Waals surface area contributed by atoms with E-state index >= 15 is 0 Å². The molecule has 0 aromatic heterocycles. The number of halogens is 3. The van der Waals surface area contributed by atoms with Crippen molar-refractivity contribution in [3.8, 4) is 5.75 Å². The van der Waals surface area contributed by atoms with Gasteiger partial charge in [-0.1, -0.05) is 23.2 Å². The molecule has 2 aromatic carbocycles. The van der Waals surface area contributed by atoms with Crippen molar-refractivity contribution in [2.24, 2.45) is 5.92 Å². The maximum atomic E-state index is 13.0. The summed E-state index contributed by atoms with van der Waals surface area (Å²) in [6, 6.07) is 10.3. The van der Waals surface area contributed by atoms with Crippen LogP contribution in [0.2, 0.25) is 10.0 Å². The number of hydrogen-bond donors (Lipinski definition) is 2. The van der Waals surface area contributed by atoms with Crippen LogP contribution < -0.4 is 15.6 Å². The highest BCUT2D eigenvalue weighted by Crippen LogP contribution is 2.27. The number of rotatable bonds is 7. The third kappa shape index (κ3) is 7.33. The van der Waals surface area contributed by atoms with Crippen LogP contribution in [0.15, 0.2) is 42.5 Å². The van der Waals surface area contributed by atoms with Crippen molar-refractivity contribution in [1.82, 2.24) is 15.8 Å². The average molecular weight is 496 g/mol. The Labute approximate surface area is 201 Å². The molecule has 2 N–H and O–H groups in total. The second kappa shape index (κ2) is 11.9. The Hall–Kier alpha value is -2.84. The number of nitrogens with zero attached hydrogens (tertiary/aromatic N) is 1. The van der Waals surface area contributed by atoms with Gasteiger partial charge in [-0.25, -0.2) is 4.39 Å². The lowest BCUT2D eigenvalue weighted by atomic mass is 9.95. The quantitative estimate of drug-likeness (QED) is 0.448. The molecular formula is C23H24Cl2FN3O4. The Morgan fingerprint density at radius 2 is 1.73 bits per heavy atom. The second-order valence-electron chi connectivity index (χ2n) is 7.64. The summed E-state index contributed by atoms with van der Waals surface area (Å²) in [5, 5.41) is 0.900. The smallest absolute Gasteiger partial charge is 0.253 e. The van der Waals surface area contributed by atoms with Crippen LogP contribution in [0.5, 0.6) is 5.75 Å². The van der Waals surface area contributed by atoms with Crippen LogP contribution in [0.25, 0.3) is 0 Å². The minimum Gasteiger partial charge on any atom is -0.492 e. The van der Waals surface area contributed by atoms with Gasteiger partial charge >= 0.3 is 0 Å². The van der Waals surface area contributed by atoms with Crippen LogP contribution in [-0.2, 0) is 9.59 Å². The van der Waals surface area contributed by atoms with E-state index in [0.717, 1.165) is 0 Å². The van der Waals surface area contributed by atoms with Gasteiger partial charge in [0.05, 0.1) is 11.6 Å². The first-order chi connectivity index (χ1) is 15.8. The van der Waals surface area contributed by atoms with Crippen LogP contribution in [-0.4, -0.2) is 42.3 Å². The predicted octanol–water partition coefficient (Wildman–Crippen LogP) is 3.99. The molecule has 0 saturated carbocycles. The zero-order chi connectivity index (χ0) is 23.8. The van der Waals surface area contributed by atoms with Crippen molar-refractivity contribution in [1.29, 1.82) is 0 Å². The van der Waals surface area contributed by atoms with E-state index in [1.165, 1.54) is 24.3 Å². The molecule has 0 unspecified atom stereocenters. The van der Waals surface area contributed by atoms with Crippen LogP contribution in [0.3, 0.4) is 0 Å². The van der Waals surface area contributed by atoms with Gasteiger partial charge in [0.2, 0.25) is 11.8 Å². The molecule has 3 rings (SSSR count). The van der Waals surface area contributed by atoms with Gasteiger partial charge in [0, 0.05) is 36.0 Å². The molecule has 0 bridgehead atoms. The van der Waals surface area contributed by atoms with E-state index in [9.17, 15) is 18.8 Å². The summed E-state index contributed by atoms with van der Waals surface area (Å²) in [5.41, 5.74) is 5.27. The van der Waals surface area contributed by atoms with Gasteiger partial charge in [-0.05, 0) is 61.7 Å². The van der Waals surface area contributed by atoms with E-state index in [1.54, 1.807) is 23.1 Å². The molecule has 0 radical (unpaired) electrons. The zero-order valence-electron chi connectivity index (χ0n) is 17.8. The van der Waals surface area contributed by atoms with Crippen molar-refractivity contribution in [3.63, 3.8) is 0 Å². The summed E-state index contributed by atoms with van der Waals surface area (Å²) in [4.78, 5) is 38.4. The Bertz CT molecular complexity index is 996. The third-order valence-electron chi connectivity index (χ3n) is 5.27. The molecule has 1 aliphatic rings. The fraction of sp³-hybridized carbons (Fsp3) is 0.348. The topological polar surface area (TPSA) is 87.7 Å². The molecule has 0 spiro atoms. The highest BCUT2D eigenvalue weighted by molar-refractivity contribution is 6.35. The molecule has 0 aliphatic carbocycles. The number of hydrogen-bond acceptors (Lipinski definition) is 4. The molecule has 1 fully saturated rings. The van der Waals surface area contributed by atoms with Gasteiger partial charge in [-0.2, -0.15) is 0 Å². The molecule has 1 saturated heterocycles. The molecular weight excluding hydrogens is 472 g/mol. The van der Waals surface area contributed by atoms with Crippen molar-refractivity contribution in [2.75, 3.05) is 19.7 Å². The average Bonchev–Trinajstić information content (AvgIpc) is 2.81. The Kier molecular flexibility index (Phi) is 8.91. The van der Waals surface area contributed by atoms with E-state index in [1.807, 2.05) is 0 Å². The minimum atomic E-state index is -0.401. The van der Waals surface area contributed by atoms with Crippen molar-refractivity contribution in [3.05, 3.63) is 63.9 Å². The van der Waals surface area contributed by atoms with Crippen molar-refractivity contribution >= 4 is 40.9 Å². The first kappa shape index (κ1) is 24.8. The van der Waals surface area contributed by atoms with E-state index in [2.05, 4.69) is 10.9 Å². The number of carbonyl (C=O) groups is 3. The number of amides is 3. The number of piperidine rings is 1. The number of likely N-dealkylation sites (tertiary alicyclic amines) is 1. The summed E-state index contributed by atoms with van der Waals surface area (Å²) in [6.45, 7) is 1.10. The lowest BCUT2D eigenvalue weighted by Gasteiger charge is -2.31. The molecule has 1 heterocycles. The molecule has 3 amide bonds. The standard InChI is InChI=1S/C23H24Cl2FN3O4/c24-17-5-8-20(19(25)14-17)33-13-1-2-21(30)27-28-22(31)15-9-11-29(12-10-15)23(32)16-3-6-18(26)7-4-16/h3-8,14-15H,1-2,9-13H2,(H,27,30)(H,28,31). The lowest BCUT2D eigenvalue weighted by molar-refractivity contribution is -0.132. The third-order valence-corrected chi connectivity index (χ3v) is 5.80. The predicted molar refractivity (Wildman–Crippen MR) is 123 cm³/mol. The SMILES string of the molecule is O=C(CCCOc1ccc(Cl)cc1Cl)NNC(=O)C1CCN(C(=O)c2ccc(F)cc2)CC1. The zero-order valence-corrected chi connectivity index (χ0v) is 19.3. The van der Waals surface area contributed by atoms with Gasteiger partial charge in [0.15, 0.2) is 0 Å². The molecule has 1 aliphatic heterocycles. The van der Waals surface area contributed by atoms with Crippen LogP contribution in [0, 0.1) is 11.7 Å². The number of hydrazine groups is 1. The summed E-state index contributed by atoms with van der Waals surface area (Å²) < 4.78 is 18.6. The monoisotopic (exact) mass is 495 g/mol. The summed E-state index contributed by atoms with van der Waals surface area (Å²) in [6.07, 6.45) is 1.55. The van der Waals surface area contributed by atoms with E-state index < -0.39 is 5.82 Å². The normalized spacial score (nSPS) is 14.0. The van der Waals surface area contributed by atoms with Crippen LogP contribution >= 0.6 is 23.2 Å². The fourth-order valence-corrected chi connectivity index (χ4v) is 3.89. The maximum absolute atomic E-state index is 13.0. The first-order valence-electron chi connectivity index (χ1n) is 10.5. The highest BCUT2D eigenvalue weighted by atomic mass is 35.5. The second-order valence-corrected chi connectivity index (χ2v) is 8.48. The fourth-order valence-electron chi connectivity index (χ4n) is 3.42. The van der Waals surface area contributed by atoms with Gasteiger partial charge < -0.3 is 9.64 Å². The van der Waals surface area contributed by atoms with Gasteiger partial charge in [-0.15, -0.1) is 0 Å². The summed E-state index contributed by atoms with van der Waals surface area (Å²) in [5.74, 6) is -1.04. The van der Waals surface area contributed by atoms with Gasteiger partial charge in [0.25, 0.3) is 5.91 Å². The summed E-state index contributed by atoms with van der Waals surface area (Å²) in [7, 11) is 0. The Balaban J connectivity index is 1.32. The number of ether oxygens (including phenoxy) is 1. The maximum Gasteiger partial charge on any atom is 0.253 e. The molecule has 7 nitrogen and oxygen atoms in total. The number of nitrogens with one attached hydrogen (secondary N) is 2. The van der Waals surface area contributed by atoms with Crippen LogP contribution in [0.1, 0.15) is 36.0 Å². The lowest BCUT2D eigenvalue weighted by Crippen LogP contribution is -2.48. The largest absolute Gasteiger partial charge is 0.492 e. The van der Waals surface area contributed by atoms with Crippen molar-refractivity contribution < 1.29 is 23.5 Å². The van der Waals surface area contributed by atoms with Crippen LogP contribution in [0.4, 0.5) is 4.39 Å². The highest BCUT2D eigenvalue weighted by Gasteiger charge is 2.28. The molecule has 176 valence electrons.